The molecular formula is C19H24N2O3S. The first-order valence-corrected chi connectivity index (χ1v) is 9.62. The Morgan fingerprint density at radius 3 is 2.32 bits per heavy atom. The van der Waals surface area contributed by atoms with E-state index >= 15 is 0 Å². The fourth-order valence-electron chi connectivity index (χ4n) is 2.33. The van der Waals surface area contributed by atoms with Crippen molar-refractivity contribution < 1.29 is 13.2 Å². The highest BCUT2D eigenvalue weighted by Crippen LogP contribution is 2.14. The largest absolute Gasteiger partial charge is 0.352 e. The molecule has 0 saturated carbocycles. The molecule has 0 bridgehead atoms. The van der Waals surface area contributed by atoms with Gasteiger partial charge in [0.2, 0.25) is 10.0 Å². The number of sulfonamides is 1. The predicted molar refractivity (Wildman–Crippen MR) is 99.0 cm³/mol. The highest BCUT2D eigenvalue weighted by Gasteiger charge is 2.22. The lowest BCUT2D eigenvalue weighted by molar-refractivity contribution is 0.0954. The Morgan fingerprint density at radius 2 is 1.68 bits per heavy atom. The third-order valence-corrected chi connectivity index (χ3v) is 5.14. The summed E-state index contributed by atoms with van der Waals surface area (Å²) in [5.74, 6) is -0.288. The van der Waals surface area contributed by atoms with E-state index in [-0.39, 0.29) is 10.8 Å². The fraction of sp³-hybridized carbons (Fsp3) is 0.316. The molecule has 2 aromatic carbocycles. The molecule has 2 rings (SSSR count). The van der Waals surface area contributed by atoms with Gasteiger partial charge in [0.25, 0.3) is 5.91 Å². The normalized spacial score (nSPS) is 12.0. The van der Waals surface area contributed by atoms with Crippen LogP contribution in [0.4, 0.5) is 0 Å². The summed E-state index contributed by atoms with van der Waals surface area (Å²) in [6, 6.07) is 15.9. The lowest BCUT2D eigenvalue weighted by atomic mass is 10.1. The minimum absolute atomic E-state index is 0.0816. The summed E-state index contributed by atoms with van der Waals surface area (Å²) in [5.41, 5.74) is 0.866. The van der Waals surface area contributed by atoms with Crippen LogP contribution < -0.4 is 10.0 Å². The average molecular weight is 360 g/mol. The van der Waals surface area contributed by atoms with Gasteiger partial charge in [0, 0.05) is 17.6 Å². The Balaban J connectivity index is 2.04. The smallest absolute Gasteiger partial charge is 0.251 e. The Labute approximate surface area is 149 Å². The molecule has 134 valence electrons. The molecule has 6 heteroatoms. The quantitative estimate of drug-likeness (QED) is 0.832. The monoisotopic (exact) mass is 360 g/mol. The summed E-state index contributed by atoms with van der Waals surface area (Å²) in [5, 5.41) is 2.82. The summed E-state index contributed by atoms with van der Waals surface area (Å²) in [4.78, 5) is 12.4. The zero-order valence-electron chi connectivity index (χ0n) is 14.7. The molecule has 2 N–H and O–H groups in total. The van der Waals surface area contributed by atoms with Crippen molar-refractivity contribution in [2.24, 2.45) is 0 Å². The van der Waals surface area contributed by atoms with Crippen LogP contribution in [-0.2, 0) is 16.4 Å². The molecule has 0 unspecified atom stereocenters. The Morgan fingerprint density at radius 1 is 1.00 bits per heavy atom. The highest BCUT2D eigenvalue weighted by atomic mass is 32.2. The van der Waals surface area contributed by atoms with Crippen molar-refractivity contribution in [3.63, 3.8) is 0 Å². The first-order chi connectivity index (χ1) is 11.7. The highest BCUT2D eigenvalue weighted by molar-refractivity contribution is 7.89. The molecule has 0 heterocycles. The van der Waals surface area contributed by atoms with Gasteiger partial charge in [-0.1, -0.05) is 36.4 Å². The summed E-state index contributed by atoms with van der Waals surface area (Å²) >= 11 is 0. The number of carbonyl (C=O) groups is 1. The van der Waals surface area contributed by atoms with E-state index in [0.717, 1.165) is 12.0 Å². The van der Waals surface area contributed by atoms with Crippen LogP contribution in [0.1, 0.15) is 36.7 Å². The summed E-state index contributed by atoms with van der Waals surface area (Å²) in [6.45, 7) is 5.79. The van der Waals surface area contributed by atoms with Crippen molar-refractivity contribution in [2.45, 2.75) is 37.6 Å². The van der Waals surface area contributed by atoms with Gasteiger partial charge < -0.3 is 5.32 Å². The minimum Gasteiger partial charge on any atom is -0.352 e. The molecule has 0 fully saturated rings. The standard InChI is InChI=1S/C19H24N2O3S/c1-19(2,3)21-25(23,24)17-11-7-10-16(14-17)18(22)20-13-12-15-8-5-4-6-9-15/h4-11,14,21H,12-13H2,1-3H3,(H,20,22). The first-order valence-electron chi connectivity index (χ1n) is 8.13. The molecule has 5 nitrogen and oxygen atoms in total. The maximum Gasteiger partial charge on any atom is 0.251 e. The molecular weight excluding hydrogens is 336 g/mol. The number of amides is 1. The van der Waals surface area contributed by atoms with Crippen molar-refractivity contribution in [3.05, 3.63) is 65.7 Å². The third-order valence-electron chi connectivity index (χ3n) is 3.39. The molecule has 0 aromatic heterocycles. The van der Waals surface area contributed by atoms with Crippen LogP contribution in [0.2, 0.25) is 0 Å². The van der Waals surface area contributed by atoms with Gasteiger partial charge in [-0.25, -0.2) is 13.1 Å². The van der Waals surface area contributed by atoms with Gasteiger partial charge >= 0.3 is 0 Å². The fourth-order valence-corrected chi connectivity index (χ4v) is 3.80. The molecule has 0 saturated heterocycles. The van der Waals surface area contributed by atoms with Crippen molar-refractivity contribution in [1.82, 2.24) is 10.0 Å². The van der Waals surface area contributed by atoms with Crippen LogP contribution >= 0.6 is 0 Å². The Hall–Kier alpha value is -2.18. The van der Waals surface area contributed by atoms with E-state index in [2.05, 4.69) is 10.0 Å². The third kappa shape index (κ3) is 5.99. The van der Waals surface area contributed by atoms with Gasteiger partial charge in [0.1, 0.15) is 0 Å². The second-order valence-corrected chi connectivity index (χ2v) is 8.56. The molecule has 1 amide bonds. The van der Waals surface area contributed by atoms with E-state index in [1.165, 1.54) is 12.1 Å². The van der Waals surface area contributed by atoms with E-state index < -0.39 is 15.6 Å². The molecule has 0 atom stereocenters. The van der Waals surface area contributed by atoms with Gasteiger partial charge in [0.05, 0.1) is 4.90 Å². The lowest BCUT2D eigenvalue weighted by Crippen LogP contribution is -2.40. The molecule has 0 radical (unpaired) electrons. The zero-order valence-corrected chi connectivity index (χ0v) is 15.6. The number of hydrogen-bond acceptors (Lipinski definition) is 3. The number of benzene rings is 2. The van der Waals surface area contributed by atoms with Crippen LogP contribution in [0.3, 0.4) is 0 Å². The lowest BCUT2D eigenvalue weighted by Gasteiger charge is -2.20. The van der Waals surface area contributed by atoms with Crippen LogP contribution in [0, 0.1) is 0 Å². The van der Waals surface area contributed by atoms with Crippen molar-refractivity contribution in [2.75, 3.05) is 6.54 Å². The van der Waals surface area contributed by atoms with Gasteiger partial charge in [-0.15, -0.1) is 0 Å². The zero-order chi connectivity index (χ0) is 18.5. The molecule has 0 aliphatic heterocycles. The van der Waals surface area contributed by atoms with Gasteiger partial charge in [-0.2, -0.15) is 0 Å². The van der Waals surface area contributed by atoms with E-state index in [0.29, 0.717) is 12.1 Å². The topological polar surface area (TPSA) is 75.3 Å². The molecule has 2 aromatic rings. The summed E-state index contributed by atoms with van der Waals surface area (Å²) < 4.78 is 27.3. The van der Waals surface area contributed by atoms with Gasteiger partial charge in [0.15, 0.2) is 0 Å². The van der Waals surface area contributed by atoms with Crippen LogP contribution in [0.15, 0.2) is 59.5 Å². The molecule has 0 aliphatic carbocycles. The molecule has 0 aliphatic rings. The van der Waals surface area contributed by atoms with E-state index in [9.17, 15) is 13.2 Å². The van der Waals surface area contributed by atoms with Crippen LogP contribution in [-0.4, -0.2) is 26.4 Å². The summed E-state index contributed by atoms with van der Waals surface area (Å²) in [6.07, 6.45) is 0.718. The van der Waals surface area contributed by atoms with Gasteiger partial charge in [-0.3, -0.25) is 4.79 Å². The predicted octanol–water partition coefficient (Wildman–Crippen LogP) is 2.74. The Kier molecular flexibility index (Phi) is 5.98. The maximum absolute atomic E-state index is 12.4. The SMILES string of the molecule is CC(C)(C)NS(=O)(=O)c1cccc(C(=O)NCCc2ccccc2)c1. The van der Waals surface area contributed by atoms with E-state index in [1.54, 1.807) is 32.9 Å². The van der Waals surface area contributed by atoms with Crippen LogP contribution in [0.25, 0.3) is 0 Å². The second kappa shape index (κ2) is 7.80. The number of carbonyl (C=O) groups excluding carboxylic acids is 1. The molecule has 25 heavy (non-hydrogen) atoms. The minimum atomic E-state index is -3.67. The number of rotatable bonds is 6. The number of hydrogen-bond donors (Lipinski definition) is 2. The van der Waals surface area contributed by atoms with Crippen molar-refractivity contribution >= 4 is 15.9 Å². The van der Waals surface area contributed by atoms with Gasteiger partial charge in [-0.05, 0) is 51.0 Å². The Bertz CT molecular complexity index is 825. The van der Waals surface area contributed by atoms with E-state index in [4.69, 9.17) is 0 Å². The average Bonchev–Trinajstić information content (AvgIpc) is 2.54. The van der Waals surface area contributed by atoms with E-state index in [1.807, 2.05) is 30.3 Å². The second-order valence-electron chi connectivity index (χ2n) is 6.87. The van der Waals surface area contributed by atoms with Crippen molar-refractivity contribution in [3.8, 4) is 0 Å². The first kappa shape index (κ1) is 19.1. The molecule has 0 spiro atoms. The summed E-state index contributed by atoms with van der Waals surface area (Å²) in [7, 11) is -3.67. The van der Waals surface area contributed by atoms with Crippen LogP contribution in [0.5, 0.6) is 0 Å². The van der Waals surface area contributed by atoms with Crippen molar-refractivity contribution in [1.29, 1.82) is 0 Å². The number of nitrogens with one attached hydrogen (secondary N) is 2. The maximum atomic E-state index is 12.4.